The summed E-state index contributed by atoms with van der Waals surface area (Å²) < 4.78 is 5.56. The third kappa shape index (κ3) is 4.38. The maximum atomic E-state index is 10.2. The Labute approximate surface area is 214 Å². The number of nitrogens with zero attached hydrogens (tertiary/aromatic N) is 6. The van der Waals surface area contributed by atoms with Gasteiger partial charge in [0, 0.05) is 49.6 Å². The Bertz CT molecular complexity index is 1190. The van der Waals surface area contributed by atoms with Gasteiger partial charge in [-0.2, -0.15) is 0 Å². The SMILES string of the molecule is CC(C)(O)C1CN(c2nccc(Sc3cnc(N4CCC5(CC4)Cc4ncoc4C5)cn3)c2Cl)C1. The normalized spacial score (nSPS) is 19.8. The van der Waals surface area contributed by atoms with Crippen LogP contribution < -0.4 is 9.80 Å². The molecule has 0 aromatic carbocycles. The van der Waals surface area contributed by atoms with E-state index >= 15 is 0 Å². The molecule has 0 atom stereocenters. The fraction of sp³-hybridized carbons (Fsp3) is 0.520. The second kappa shape index (κ2) is 8.64. The Morgan fingerprint density at radius 2 is 1.89 bits per heavy atom. The van der Waals surface area contributed by atoms with E-state index in [1.165, 1.54) is 11.8 Å². The molecule has 2 saturated heterocycles. The first-order chi connectivity index (χ1) is 16.8. The van der Waals surface area contributed by atoms with Gasteiger partial charge in [-0.15, -0.1) is 0 Å². The van der Waals surface area contributed by atoms with E-state index in [1.54, 1.807) is 12.6 Å². The summed E-state index contributed by atoms with van der Waals surface area (Å²) in [5.74, 6) is 2.96. The van der Waals surface area contributed by atoms with E-state index < -0.39 is 5.60 Å². The minimum atomic E-state index is -0.696. The van der Waals surface area contributed by atoms with Crippen molar-refractivity contribution in [1.29, 1.82) is 0 Å². The molecule has 1 spiro atoms. The van der Waals surface area contributed by atoms with Gasteiger partial charge in [0.1, 0.15) is 22.4 Å². The van der Waals surface area contributed by atoms with Gasteiger partial charge in [0.05, 0.1) is 28.7 Å². The molecule has 3 aliphatic rings. The highest BCUT2D eigenvalue weighted by atomic mass is 35.5. The first kappa shape index (κ1) is 23.1. The van der Waals surface area contributed by atoms with E-state index in [0.29, 0.717) is 10.4 Å². The summed E-state index contributed by atoms with van der Waals surface area (Å²) in [5.41, 5.74) is 0.740. The number of anilines is 2. The molecule has 3 aromatic rings. The molecular formula is C25H29ClN6O2S. The highest BCUT2D eigenvalue weighted by Crippen LogP contribution is 2.45. The lowest BCUT2D eigenvalue weighted by Crippen LogP contribution is -2.56. The van der Waals surface area contributed by atoms with Crippen LogP contribution in [-0.2, 0) is 12.8 Å². The zero-order valence-electron chi connectivity index (χ0n) is 19.9. The number of fused-ring (bicyclic) bond motifs is 1. The molecule has 6 rings (SSSR count). The first-order valence-electron chi connectivity index (χ1n) is 12.1. The van der Waals surface area contributed by atoms with Gasteiger partial charge in [0.15, 0.2) is 6.39 Å². The van der Waals surface area contributed by atoms with E-state index in [9.17, 15) is 5.11 Å². The number of rotatable bonds is 5. The lowest BCUT2D eigenvalue weighted by molar-refractivity contribution is 0.00438. The number of pyridine rings is 1. The van der Waals surface area contributed by atoms with E-state index in [1.807, 2.05) is 32.3 Å². The molecule has 0 radical (unpaired) electrons. The average Bonchev–Trinajstić information content (AvgIpc) is 3.35. The number of hydrogen-bond acceptors (Lipinski definition) is 9. The lowest BCUT2D eigenvalue weighted by Gasteiger charge is -2.46. The predicted molar refractivity (Wildman–Crippen MR) is 135 cm³/mol. The van der Waals surface area contributed by atoms with Crippen LogP contribution in [0.4, 0.5) is 11.6 Å². The standard InChI is InChI=1S/C25H29ClN6O2S/c1-24(2,33)16-13-32(14-16)23-22(26)19(3-6-27-23)35-21-12-28-20(11-29-21)31-7-4-25(5-8-31)9-17-18(10-25)34-15-30-17/h3,6,11-12,15-16,33H,4-5,7-10,13-14H2,1-2H3. The maximum Gasteiger partial charge on any atom is 0.181 e. The summed E-state index contributed by atoms with van der Waals surface area (Å²) >= 11 is 8.20. The smallest absolute Gasteiger partial charge is 0.181 e. The number of piperidine rings is 1. The summed E-state index contributed by atoms with van der Waals surface area (Å²) in [6.07, 6.45) is 11.3. The van der Waals surface area contributed by atoms with Crippen molar-refractivity contribution in [2.75, 3.05) is 36.0 Å². The topological polar surface area (TPSA) is 91.4 Å². The zero-order chi connectivity index (χ0) is 24.2. The predicted octanol–water partition coefficient (Wildman–Crippen LogP) is 4.26. The number of aromatic nitrogens is 4. The minimum Gasteiger partial charge on any atom is -0.448 e. The number of hydrogen-bond donors (Lipinski definition) is 1. The molecule has 0 amide bonds. The van der Waals surface area contributed by atoms with Crippen molar-refractivity contribution in [3.05, 3.63) is 47.5 Å². The van der Waals surface area contributed by atoms with Gasteiger partial charge in [0.25, 0.3) is 0 Å². The summed E-state index contributed by atoms with van der Waals surface area (Å²) in [7, 11) is 0. The maximum absolute atomic E-state index is 10.2. The van der Waals surface area contributed by atoms with Crippen molar-refractivity contribution in [1.82, 2.24) is 19.9 Å². The quantitative estimate of drug-likeness (QED) is 0.538. The van der Waals surface area contributed by atoms with Crippen LogP contribution in [0.25, 0.3) is 0 Å². The number of aliphatic hydroxyl groups is 1. The van der Waals surface area contributed by atoms with Crippen molar-refractivity contribution >= 4 is 35.0 Å². The van der Waals surface area contributed by atoms with Crippen LogP contribution in [0.1, 0.15) is 38.1 Å². The Morgan fingerprint density at radius 3 is 2.57 bits per heavy atom. The minimum absolute atomic E-state index is 0.215. The monoisotopic (exact) mass is 512 g/mol. The van der Waals surface area contributed by atoms with Gasteiger partial charge in [0.2, 0.25) is 0 Å². The summed E-state index contributed by atoms with van der Waals surface area (Å²) in [6.45, 7) is 7.12. The highest BCUT2D eigenvalue weighted by Gasteiger charge is 2.42. The summed E-state index contributed by atoms with van der Waals surface area (Å²) in [5, 5.41) is 11.6. The largest absolute Gasteiger partial charge is 0.448 e. The van der Waals surface area contributed by atoms with Crippen LogP contribution in [0.2, 0.25) is 5.02 Å². The van der Waals surface area contributed by atoms with E-state index in [0.717, 1.165) is 84.9 Å². The Hall–Kier alpha value is -2.36. The van der Waals surface area contributed by atoms with Crippen LogP contribution in [0.5, 0.6) is 0 Å². The molecule has 0 saturated carbocycles. The molecule has 3 aromatic heterocycles. The van der Waals surface area contributed by atoms with E-state index in [-0.39, 0.29) is 5.92 Å². The van der Waals surface area contributed by atoms with Crippen LogP contribution in [0, 0.1) is 11.3 Å². The third-order valence-electron chi connectivity index (χ3n) is 7.80. The average molecular weight is 513 g/mol. The molecule has 2 aliphatic heterocycles. The Balaban J connectivity index is 1.08. The highest BCUT2D eigenvalue weighted by molar-refractivity contribution is 7.99. The van der Waals surface area contributed by atoms with Gasteiger partial charge in [-0.1, -0.05) is 23.4 Å². The molecule has 184 valence electrons. The molecule has 10 heteroatoms. The molecular weight excluding hydrogens is 484 g/mol. The second-order valence-electron chi connectivity index (χ2n) is 10.6. The molecule has 5 heterocycles. The number of oxazole rings is 1. The molecule has 1 N–H and O–H groups in total. The second-order valence-corrected chi connectivity index (χ2v) is 12.0. The van der Waals surface area contributed by atoms with Gasteiger partial charge in [-0.3, -0.25) is 0 Å². The Morgan fingerprint density at radius 1 is 1.09 bits per heavy atom. The van der Waals surface area contributed by atoms with Gasteiger partial charge in [-0.05, 0) is 44.6 Å². The van der Waals surface area contributed by atoms with Crippen LogP contribution >= 0.6 is 23.4 Å². The lowest BCUT2D eigenvalue weighted by atomic mass is 9.76. The molecule has 35 heavy (non-hydrogen) atoms. The Kier molecular flexibility index (Phi) is 5.69. The van der Waals surface area contributed by atoms with E-state index in [4.69, 9.17) is 21.0 Å². The van der Waals surface area contributed by atoms with Crippen LogP contribution in [0.3, 0.4) is 0 Å². The van der Waals surface area contributed by atoms with Crippen molar-refractivity contribution in [2.24, 2.45) is 11.3 Å². The van der Waals surface area contributed by atoms with Gasteiger partial charge in [-0.25, -0.2) is 19.9 Å². The summed E-state index contributed by atoms with van der Waals surface area (Å²) in [6, 6.07) is 1.91. The summed E-state index contributed by atoms with van der Waals surface area (Å²) in [4.78, 5) is 23.6. The first-order valence-corrected chi connectivity index (χ1v) is 13.3. The zero-order valence-corrected chi connectivity index (χ0v) is 21.5. The third-order valence-corrected chi connectivity index (χ3v) is 9.26. The fourth-order valence-electron chi connectivity index (χ4n) is 5.35. The molecule has 2 fully saturated rings. The molecule has 1 aliphatic carbocycles. The van der Waals surface area contributed by atoms with Gasteiger partial charge >= 0.3 is 0 Å². The fourth-order valence-corrected chi connectivity index (χ4v) is 6.45. The molecule has 0 unspecified atom stereocenters. The van der Waals surface area contributed by atoms with Crippen molar-refractivity contribution in [2.45, 2.75) is 55.1 Å². The van der Waals surface area contributed by atoms with Gasteiger partial charge < -0.3 is 19.3 Å². The van der Waals surface area contributed by atoms with Crippen molar-refractivity contribution in [3.8, 4) is 0 Å². The van der Waals surface area contributed by atoms with Crippen LogP contribution in [-0.4, -0.2) is 56.8 Å². The van der Waals surface area contributed by atoms with Crippen molar-refractivity contribution < 1.29 is 9.52 Å². The molecule has 0 bridgehead atoms. The van der Waals surface area contributed by atoms with Crippen molar-refractivity contribution in [3.63, 3.8) is 0 Å². The van der Waals surface area contributed by atoms with Crippen LogP contribution in [0.15, 0.2) is 45.4 Å². The molecule has 8 nitrogen and oxygen atoms in total. The van der Waals surface area contributed by atoms with E-state index in [2.05, 4.69) is 24.8 Å². The number of halogens is 1.